The number of primary amides is 1. The van der Waals surface area contributed by atoms with Crippen LogP contribution < -0.4 is 5.73 Å². The summed E-state index contributed by atoms with van der Waals surface area (Å²) in [4.78, 5) is 12.5. The summed E-state index contributed by atoms with van der Waals surface area (Å²) in [6.07, 6.45) is 4.05. The molecule has 1 saturated carbocycles. The zero-order chi connectivity index (χ0) is 19.0. The van der Waals surface area contributed by atoms with Crippen LogP contribution in [-0.2, 0) is 14.8 Å². The van der Waals surface area contributed by atoms with Crippen molar-refractivity contribution in [2.45, 2.75) is 43.5 Å². The van der Waals surface area contributed by atoms with Gasteiger partial charge in [0.25, 0.3) is 5.91 Å². The van der Waals surface area contributed by atoms with Crippen LogP contribution in [0.5, 0.6) is 0 Å². The largest absolute Gasteiger partial charge is 0.371 e. The molecule has 2 fully saturated rings. The van der Waals surface area contributed by atoms with E-state index in [0.29, 0.717) is 18.0 Å². The third-order valence-corrected chi connectivity index (χ3v) is 9.11. The van der Waals surface area contributed by atoms with Gasteiger partial charge in [-0.3, -0.25) is 4.79 Å². The molecule has 0 radical (unpaired) electrons. The molecule has 0 bridgehead atoms. The molecule has 8 heteroatoms. The van der Waals surface area contributed by atoms with E-state index in [-0.39, 0.29) is 11.8 Å². The first-order valence-electron chi connectivity index (χ1n) is 9.40. The predicted octanol–water partition coefficient (Wildman–Crippen LogP) is 3.04. The van der Waals surface area contributed by atoms with Gasteiger partial charge in [0, 0.05) is 23.4 Å². The maximum Gasteiger partial charge on any atom is 0.259 e. The first kappa shape index (κ1) is 18.9. The number of sulfonamides is 1. The van der Waals surface area contributed by atoms with E-state index in [1.165, 1.54) is 11.3 Å². The molecule has 2 heterocycles. The van der Waals surface area contributed by atoms with Crippen LogP contribution >= 0.6 is 11.3 Å². The minimum absolute atomic E-state index is 0.236. The van der Waals surface area contributed by atoms with Crippen molar-refractivity contribution in [3.63, 3.8) is 0 Å². The molecule has 1 aromatic carbocycles. The van der Waals surface area contributed by atoms with Gasteiger partial charge in [-0.05, 0) is 24.3 Å². The molecule has 1 unspecified atom stereocenters. The lowest BCUT2D eigenvalue weighted by Gasteiger charge is -2.35. The molecule has 1 aliphatic heterocycles. The van der Waals surface area contributed by atoms with Crippen molar-refractivity contribution in [3.8, 4) is 0 Å². The second-order valence-corrected chi connectivity index (χ2v) is 10.5. The average molecular weight is 409 g/mol. The molecule has 146 valence electrons. The fraction of sp³-hybridized carbons (Fsp3) is 0.526. The molecule has 2 aromatic rings. The van der Waals surface area contributed by atoms with Crippen LogP contribution in [0.1, 0.15) is 53.4 Å². The fourth-order valence-electron chi connectivity index (χ4n) is 4.17. The number of fused-ring (bicyclic) bond motifs is 1. The molecule has 2 N–H and O–H groups in total. The number of ether oxygens (including phenoxy) is 1. The highest BCUT2D eigenvalue weighted by molar-refractivity contribution is 7.89. The number of hydrogen-bond donors (Lipinski definition) is 1. The fourth-order valence-corrected chi connectivity index (χ4v) is 7.30. The van der Waals surface area contributed by atoms with E-state index in [4.69, 9.17) is 10.5 Å². The Balaban J connectivity index is 1.67. The molecule has 1 aliphatic carbocycles. The van der Waals surface area contributed by atoms with Crippen LogP contribution in [-0.4, -0.2) is 43.6 Å². The number of thiophene rings is 1. The SMILES string of the molecule is NC(=O)c1sc2ccccc2c1C1CN(S(=O)(=O)C2CCCCC2)CCO1. The number of nitrogens with zero attached hydrogens (tertiary/aromatic N) is 1. The highest BCUT2D eigenvalue weighted by Gasteiger charge is 2.38. The number of benzene rings is 1. The van der Waals surface area contributed by atoms with Gasteiger partial charge in [-0.15, -0.1) is 11.3 Å². The number of rotatable bonds is 4. The number of hydrogen-bond acceptors (Lipinski definition) is 5. The van der Waals surface area contributed by atoms with E-state index in [0.717, 1.165) is 47.8 Å². The smallest absolute Gasteiger partial charge is 0.259 e. The van der Waals surface area contributed by atoms with Crippen molar-refractivity contribution in [2.75, 3.05) is 19.7 Å². The summed E-state index contributed by atoms with van der Waals surface area (Å²) in [7, 11) is -3.35. The monoisotopic (exact) mass is 408 g/mol. The molecule has 1 amide bonds. The molecule has 0 spiro atoms. The summed E-state index contributed by atoms with van der Waals surface area (Å²) in [6.45, 7) is 0.919. The summed E-state index contributed by atoms with van der Waals surface area (Å²) < 4.78 is 34.7. The second kappa shape index (κ2) is 7.50. The van der Waals surface area contributed by atoms with Gasteiger partial charge in [0.2, 0.25) is 10.0 Å². The van der Waals surface area contributed by atoms with Gasteiger partial charge in [-0.1, -0.05) is 37.5 Å². The van der Waals surface area contributed by atoms with Gasteiger partial charge in [-0.25, -0.2) is 8.42 Å². The Hall–Kier alpha value is -1.48. The van der Waals surface area contributed by atoms with Crippen molar-refractivity contribution < 1.29 is 17.9 Å². The number of morpholine rings is 1. The molecule has 1 aromatic heterocycles. The first-order valence-corrected chi connectivity index (χ1v) is 11.7. The Labute approximate surface area is 163 Å². The molecule has 1 saturated heterocycles. The van der Waals surface area contributed by atoms with Crippen LogP contribution in [0.2, 0.25) is 0 Å². The Morgan fingerprint density at radius 2 is 1.93 bits per heavy atom. The Bertz CT molecular complexity index is 948. The van der Waals surface area contributed by atoms with Crippen LogP contribution in [0.25, 0.3) is 10.1 Å². The first-order chi connectivity index (χ1) is 13.0. The van der Waals surface area contributed by atoms with E-state index in [1.807, 2.05) is 24.3 Å². The Morgan fingerprint density at radius 3 is 2.67 bits per heavy atom. The quantitative estimate of drug-likeness (QED) is 0.842. The minimum Gasteiger partial charge on any atom is -0.371 e. The van der Waals surface area contributed by atoms with Crippen molar-refractivity contribution in [2.24, 2.45) is 5.73 Å². The highest BCUT2D eigenvalue weighted by atomic mass is 32.2. The lowest BCUT2D eigenvalue weighted by Crippen LogP contribution is -2.46. The lowest BCUT2D eigenvalue weighted by molar-refractivity contribution is -0.00228. The molecule has 6 nitrogen and oxygen atoms in total. The number of nitrogens with two attached hydrogens (primary N) is 1. The summed E-state index contributed by atoms with van der Waals surface area (Å²) >= 11 is 1.34. The zero-order valence-corrected chi connectivity index (χ0v) is 16.7. The van der Waals surface area contributed by atoms with Crippen LogP contribution in [0.3, 0.4) is 0 Å². The van der Waals surface area contributed by atoms with Gasteiger partial charge < -0.3 is 10.5 Å². The second-order valence-electron chi connectivity index (χ2n) is 7.23. The minimum atomic E-state index is -3.35. The molecular weight excluding hydrogens is 384 g/mol. The third kappa shape index (κ3) is 3.51. The topological polar surface area (TPSA) is 89.7 Å². The normalized spacial score (nSPS) is 22.9. The van der Waals surface area contributed by atoms with E-state index in [1.54, 1.807) is 4.31 Å². The zero-order valence-electron chi connectivity index (χ0n) is 15.1. The molecule has 4 rings (SSSR count). The molecular formula is C19H24N2O4S2. The van der Waals surface area contributed by atoms with Crippen molar-refractivity contribution in [1.29, 1.82) is 0 Å². The third-order valence-electron chi connectivity index (χ3n) is 5.54. The number of carbonyl (C=O) groups is 1. The molecule has 2 aliphatic rings. The van der Waals surface area contributed by atoms with E-state index in [2.05, 4.69) is 0 Å². The molecule has 1 atom stereocenters. The number of amides is 1. The number of carbonyl (C=O) groups excluding carboxylic acids is 1. The summed E-state index contributed by atoms with van der Waals surface area (Å²) in [5, 5.41) is 0.623. The van der Waals surface area contributed by atoms with Crippen LogP contribution in [0.15, 0.2) is 24.3 Å². The lowest BCUT2D eigenvalue weighted by atomic mass is 10.0. The van der Waals surface area contributed by atoms with Gasteiger partial charge in [-0.2, -0.15) is 4.31 Å². The maximum atomic E-state index is 13.1. The Morgan fingerprint density at radius 1 is 1.19 bits per heavy atom. The van der Waals surface area contributed by atoms with Crippen molar-refractivity contribution in [3.05, 3.63) is 34.7 Å². The predicted molar refractivity (Wildman–Crippen MR) is 106 cm³/mol. The average Bonchev–Trinajstić information content (AvgIpc) is 3.09. The van der Waals surface area contributed by atoms with Gasteiger partial charge >= 0.3 is 0 Å². The summed E-state index contributed by atoms with van der Waals surface area (Å²) in [5.41, 5.74) is 6.33. The maximum absolute atomic E-state index is 13.1. The van der Waals surface area contributed by atoms with Crippen LogP contribution in [0, 0.1) is 0 Å². The van der Waals surface area contributed by atoms with E-state index >= 15 is 0 Å². The van der Waals surface area contributed by atoms with Crippen molar-refractivity contribution >= 4 is 37.4 Å². The standard InChI is InChI=1S/C19H24N2O4S2/c20-19(22)18-17(14-8-4-5-9-16(14)26-18)15-12-21(10-11-25-15)27(23,24)13-6-2-1-3-7-13/h4-5,8-9,13,15H,1-3,6-7,10-12H2,(H2,20,22). The molecule has 27 heavy (non-hydrogen) atoms. The van der Waals surface area contributed by atoms with E-state index < -0.39 is 22.0 Å². The van der Waals surface area contributed by atoms with Crippen molar-refractivity contribution in [1.82, 2.24) is 4.31 Å². The summed E-state index contributed by atoms with van der Waals surface area (Å²) in [6, 6.07) is 7.69. The van der Waals surface area contributed by atoms with Crippen LogP contribution in [0.4, 0.5) is 0 Å². The van der Waals surface area contributed by atoms with Gasteiger partial charge in [0.15, 0.2) is 0 Å². The highest BCUT2D eigenvalue weighted by Crippen LogP contribution is 2.39. The van der Waals surface area contributed by atoms with E-state index in [9.17, 15) is 13.2 Å². The summed E-state index contributed by atoms with van der Waals surface area (Å²) in [5.74, 6) is -0.498. The Kier molecular flexibility index (Phi) is 5.24. The van der Waals surface area contributed by atoms with Gasteiger partial charge in [0.1, 0.15) is 0 Å². The van der Waals surface area contributed by atoms with Gasteiger partial charge in [0.05, 0.1) is 22.8 Å².